The maximum absolute atomic E-state index is 12.8. The number of amides is 1. The Morgan fingerprint density at radius 1 is 1.19 bits per heavy atom. The van der Waals surface area contributed by atoms with Crippen molar-refractivity contribution in [2.75, 3.05) is 7.11 Å². The monoisotopic (exact) mass is 430 g/mol. The number of hydrogen-bond donors (Lipinski definition) is 2. The van der Waals surface area contributed by atoms with Gasteiger partial charge in [-0.3, -0.25) is 4.79 Å². The highest BCUT2D eigenvalue weighted by molar-refractivity contribution is 6.02. The minimum Gasteiger partial charge on any atom is -0.465 e. The highest BCUT2D eigenvalue weighted by atomic mass is 16.5. The second kappa shape index (κ2) is 8.05. The zero-order valence-corrected chi connectivity index (χ0v) is 16.5. The van der Waals surface area contributed by atoms with Gasteiger partial charge < -0.3 is 15.5 Å². The van der Waals surface area contributed by atoms with Crippen LogP contribution in [0.2, 0.25) is 0 Å². The van der Waals surface area contributed by atoms with Gasteiger partial charge in [0.05, 0.1) is 18.4 Å². The predicted molar refractivity (Wildman–Crippen MR) is 114 cm³/mol. The van der Waals surface area contributed by atoms with Crippen LogP contribution < -0.4 is 11.4 Å². The second-order valence-electron chi connectivity index (χ2n) is 6.50. The molecule has 2 heterocycles. The summed E-state index contributed by atoms with van der Waals surface area (Å²) in [5.74, 6) is -1.32. The number of fused-ring (bicyclic) bond motifs is 1. The fourth-order valence-electron chi connectivity index (χ4n) is 3.15. The fraction of sp³-hybridized carbons (Fsp3) is 0.0500. The SMILES string of the molecule is COC(=O)c1cccc(-n2c(=O)[nH]c3c(C(N)=O)nc(-c4ccc(N=[N+]=[N-])cc4)nc32)c1. The molecule has 0 fully saturated rings. The maximum atomic E-state index is 12.8. The van der Waals surface area contributed by atoms with Gasteiger partial charge in [0.1, 0.15) is 5.52 Å². The number of primary amides is 1. The normalized spacial score (nSPS) is 10.5. The molecule has 2 aromatic carbocycles. The van der Waals surface area contributed by atoms with Crippen molar-refractivity contribution in [1.82, 2.24) is 19.5 Å². The summed E-state index contributed by atoms with van der Waals surface area (Å²) in [5, 5.41) is 3.50. The number of hydrogen-bond acceptors (Lipinski definition) is 7. The molecule has 12 heteroatoms. The highest BCUT2D eigenvalue weighted by Gasteiger charge is 2.20. The zero-order chi connectivity index (χ0) is 22.8. The largest absolute Gasteiger partial charge is 0.465 e. The molecule has 0 atom stereocenters. The van der Waals surface area contributed by atoms with E-state index < -0.39 is 17.6 Å². The lowest BCUT2D eigenvalue weighted by molar-refractivity contribution is 0.0600. The molecule has 32 heavy (non-hydrogen) atoms. The Morgan fingerprint density at radius 2 is 1.94 bits per heavy atom. The standard InChI is InChI=1S/C20H14N8O4/c1-32-19(30)11-3-2-4-13(9-11)28-18-15(24-20(28)31)14(16(21)29)23-17(25-18)10-5-7-12(8-6-10)26-27-22/h2-9H,1H3,(H2,21,29)(H,24,31). The van der Waals surface area contributed by atoms with E-state index in [2.05, 4.69) is 25.0 Å². The molecule has 0 aliphatic rings. The molecule has 158 valence electrons. The van der Waals surface area contributed by atoms with Crippen LogP contribution in [0.25, 0.3) is 38.7 Å². The molecule has 0 saturated heterocycles. The van der Waals surface area contributed by atoms with Crippen LogP contribution in [0.15, 0.2) is 58.4 Å². The average Bonchev–Trinajstić information content (AvgIpc) is 3.14. The quantitative estimate of drug-likeness (QED) is 0.212. The summed E-state index contributed by atoms with van der Waals surface area (Å²) in [6.45, 7) is 0. The number of benzene rings is 2. The van der Waals surface area contributed by atoms with Crippen LogP contribution in [0.5, 0.6) is 0 Å². The van der Waals surface area contributed by atoms with Gasteiger partial charge in [-0.15, -0.1) is 0 Å². The summed E-state index contributed by atoms with van der Waals surface area (Å²) in [4.78, 5) is 50.6. The lowest BCUT2D eigenvalue weighted by Crippen LogP contribution is -2.16. The molecule has 2 aromatic heterocycles. The number of nitrogens with one attached hydrogen (secondary N) is 1. The Morgan fingerprint density at radius 3 is 2.59 bits per heavy atom. The molecule has 3 N–H and O–H groups in total. The topological polar surface area (TPSA) is 182 Å². The first-order valence-corrected chi connectivity index (χ1v) is 9.10. The number of carbonyl (C=O) groups excluding carboxylic acids is 2. The van der Waals surface area contributed by atoms with Gasteiger partial charge in [-0.05, 0) is 23.7 Å². The van der Waals surface area contributed by atoms with Crippen molar-refractivity contribution in [3.8, 4) is 17.1 Å². The zero-order valence-electron chi connectivity index (χ0n) is 16.5. The maximum Gasteiger partial charge on any atom is 0.337 e. The van der Waals surface area contributed by atoms with Crippen LogP contribution in [0.3, 0.4) is 0 Å². The Bertz CT molecular complexity index is 1480. The Hall–Kier alpha value is -4.96. The van der Waals surface area contributed by atoms with Crippen molar-refractivity contribution in [2.24, 2.45) is 10.8 Å². The van der Waals surface area contributed by atoms with Crippen molar-refractivity contribution < 1.29 is 14.3 Å². The number of azide groups is 1. The van der Waals surface area contributed by atoms with Gasteiger partial charge in [0, 0.05) is 16.2 Å². The first kappa shape index (κ1) is 20.3. The summed E-state index contributed by atoms with van der Waals surface area (Å²) in [6, 6.07) is 12.5. The van der Waals surface area contributed by atoms with Crippen molar-refractivity contribution in [3.05, 3.63) is 80.7 Å². The smallest absolute Gasteiger partial charge is 0.337 e. The van der Waals surface area contributed by atoms with Gasteiger partial charge in [0.25, 0.3) is 5.91 Å². The minimum absolute atomic E-state index is 0.0559. The summed E-state index contributed by atoms with van der Waals surface area (Å²) < 4.78 is 5.93. The van der Waals surface area contributed by atoms with E-state index in [4.69, 9.17) is 16.0 Å². The molecule has 1 amide bonds. The van der Waals surface area contributed by atoms with E-state index in [1.54, 1.807) is 36.4 Å². The number of esters is 1. The fourth-order valence-corrected chi connectivity index (χ4v) is 3.15. The van der Waals surface area contributed by atoms with Crippen LogP contribution in [0.4, 0.5) is 5.69 Å². The number of nitrogens with zero attached hydrogens (tertiary/aromatic N) is 6. The first-order valence-electron chi connectivity index (χ1n) is 9.10. The van der Waals surface area contributed by atoms with E-state index in [9.17, 15) is 14.4 Å². The Labute approximate surface area is 178 Å². The molecular weight excluding hydrogens is 416 g/mol. The molecule has 0 aliphatic heterocycles. The average molecular weight is 430 g/mol. The van der Waals surface area contributed by atoms with E-state index >= 15 is 0 Å². The first-order chi connectivity index (χ1) is 15.4. The van der Waals surface area contributed by atoms with Gasteiger partial charge in [-0.2, -0.15) is 0 Å². The molecule has 0 unspecified atom stereocenters. The van der Waals surface area contributed by atoms with Crippen LogP contribution in [0, 0.1) is 0 Å². The number of imidazole rings is 1. The Balaban J connectivity index is 1.97. The lowest BCUT2D eigenvalue weighted by atomic mass is 10.2. The van der Waals surface area contributed by atoms with E-state index in [1.807, 2.05) is 0 Å². The van der Waals surface area contributed by atoms with Crippen molar-refractivity contribution in [3.63, 3.8) is 0 Å². The van der Waals surface area contributed by atoms with Crippen LogP contribution in [-0.2, 0) is 4.74 Å². The molecule has 4 aromatic rings. The number of aromatic nitrogens is 4. The number of ether oxygens (including phenoxy) is 1. The van der Waals surface area contributed by atoms with Crippen LogP contribution in [0.1, 0.15) is 20.8 Å². The van der Waals surface area contributed by atoms with E-state index in [0.29, 0.717) is 16.9 Å². The number of aromatic amines is 1. The number of rotatable bonds is 5. The third-order valence-corrected chi connectivity index (χ3v) is 4.58. The molecule has 12 nitrogen and oxygen atoms in total. The summed E-state index contributed by atoms with van der Waals surface area (Å²) >= 11 is 0. The molecule has 0 aliphatic carbocycles. The summed E-state index contributed by atoms with van der Waals surface area (Å²) in [5.41, 5.74) is 14.8. The van der Waals surface area contributed by atoms with Gasteiger partial charge >= 0.3 is 11.7 Å². The van der Waals surface area contributed by atoms with Crippen molar-refractivity contribution >= 4 is 28.7 Å². The third kappa shape index (κ3) is 3.53. The number of methoxy groups -OCH3 is 1. The molecular formula is C20H14N8O4. The third-order valence-electron chi connectivity index (χ3n) is 4.58. The van der Waals surface area contributed by atoms with Gasteiger partial charge in [-0.1, -0.05) is 35.4 Å². The van der Waals surface area contributed by atoms with Gasteiger partial charge in [-0.25, -0.2) is 24.1 Å². The van der Waals surface area contributed by atoms with Crippen molar-refractivity contribution in [2.45, 2.75) is 0 Å². The molecule has 0 bridgehead atoms. The lowest BCUT2D eigenvalue weighted by Gasteiger charge is -2.08. The summed E-state index contributed by atoms with van der Waals surface area (Å²) in [6.07, 6.45) is 0. The molecule has 4 rings (SSSR count). The second-order valence-corrected chi connectivity index (χ2v) is 6.50. The minimum atomic E-state index is -0.860. The number of carbonyl (C=O) groups is 2. The van der Waals surface area contributed by atoms with Crippen LogP contribution in [-0.4, -0.2) is 38.5 Å². The molecule has 0 saturated carbocycles. The predicted octanol–water partition coefficient (Wildman–Crippen LogP) is 2.60. The van der Waals surface area contributed by atoms with E-state index in [1.165, 1.54) is 23.8 Å². The van der Waals surface area contributed by atoms with E-state index in [-0.39, 0.29) is 28.2 Å². The van der Waals surface area contributed by atoms with Gasteiger partial charge in [0.15, 0.2) is 17.2 Å². The number of H-pyrrole nitrogens is 1. The molecule has 0 radical (unpaired) electrons. The van der Waals surface area contributed by atoms with Crippen LogP contribution >= 0.6 is 0 Å². The van der Waals surface area contributed by atoms with E-state index in [0.717, 1.165) is 0 Å². The Kier molecular flexibility index (Phi) is 5.11. The van der Waals surface area contributed by atoms with Crippen molar-refractivity contribution in [1.29, 1.82) is 0 Å². The molecule has 0 spiro atoms. The highest BCUT2D eigenvalue weighted by Crippen LogP contribution is 2.24. The van der Waals surface area contributed by atoms with Gasteiger partial charge in [0.2, 0.25) is 0 Å². The number of nitrogens with two attached hydrogens (primary N) is 1. The summed E-state index contributed by atoms with van der Waals surface area (Å²) in [7, 11) is 1.25.